The van der Waals surface area contributed by atoms with Gasteiger partial charge in [0, 0.05) is 6.20 Å². The number of amides is 1. The number of hydrogen-bond acceptors (Lipinski definition) is 7. The minimum absolute atomic E-state index is 0.0543. The summed E-state index contributed by atoms with van der Waals surface area (Å²) in [6.45, 7) is 13.0. The Morgan fingerprint density at radius 1 is 1.48 bits per heavy atom. The van der Waals surface area contributed by atoms with Gasteiger partial charge in [0.1, 0.15) is 18.5 Å². The molecule has 0 unspecified atom stereocenters. The van der Waals surface area contributed by atoms with E-state index in [1.165, 1.54) is 6.08 Å². The summed E-state index contributed by atoms with van der Waals surface area (Å²) in [5.41, 5.74) is -1.09. The number of ether oxygens (including phenoxy) is 2. The lowest BCUT2D eigenvalue weighted by Crippen LogP contribution is -2.45. The lowest BCUT2D eigenvalue weighted by atomic mass is 10.1. The van der Waals surface area contributed by atoms with Crippen molar-refractivity contribution >= 4 is 20.2 Å². The second-order valence-corrected chi connectivity index (χ2v) is 13.5. The van der Waals surface area contributed by atoms with Crippen LogP contribution in [0.5, 0.6) is 0 Å². The number of carbonyl (C=O) groups excluding carboxylic acids is 1. The van der Waals surface area contributed by atoms with Gasteiger partial charge in [-0.15, -0.1) is 0 Å². The van der Waals surface area contributed by atoms with Crippen LogP contribution < -0.4 is 11.0 Å². The summed E-state index contributed by atoms with van der Waals surface area (Å²) in [5.74, 6) is -3.94. The number of alkyl halides is 2. The van der Waals surface area contributed by atoms with Crippen molar-refractivity contribution in [1.29, 1.82) is 0 Å². The smallest absolute Gasteiger partial charge is 0.413 e. The summed E-state index contributed by atoms with van der Waals surface area (Å²) in [6.07, 6.45) is -4.10. The van der Waals surface area contributed by atoms with E-state index in [4.69, 9.17) is 13.9 Å². The zero-order valence-corrected chi connectivity index (χ0v) is 19.2. The molecule has 9 nitrogen and oxygen atoms in total. The fraction of sp³-hybridized carbons (Fsp3) is 0.632. The summed E-state index contributed by atoms with van der Waals surface area (Å²) in [4.78, 5) is 27.4. The highest BCUT2D eigenvalue weighted by atomic mass is 28.4. The third kappa shape index (κ3) is 5.56. The number of carbonyl (C=O) groups is 1. The molecule has 1 aromatic heterocycles. The van der Waals surface area contributed by atoms with Crippen molar-refractivity contribution < 1.29 is 32.6 Å². The SMILES string of the molecule is C=CCOC(=O)Nc1ccn([C@@H]2O[C@H](CO[Si](C)(C)C(C)(C)C)[C@@H](O)C2(F)F)c(=O)n1. The van der Waals surface area contributed by atoms with Crippen LogP contribution in [0, 0.1) is 0 Å². The number of anilines is 1. The van der Waals surface area contributed by atoms with Crippen LogP contribution in [0.25, 0.3) is 0 Å². The van der Waals surface area contributed by atoms with Crippen molar-refractivity contribution in [2.45, 2.75) is 63.3 Å². The van der Waals surface area contributed by atoms with Crippen molar-refractivity contribution in [1.82, 2.24) is 9.55 Å². The van der Waals surface area contributed by atoms with Crippen LogP contribution >= 0.6 is 0 Å². The fourth-order valence-electron chi connectivity index (χ4n) is 2.55. The quantitative estimate of drug-likeness (QED) is 0.474. The first-order chi connectivity index (χ1) is 14.2. The molecule has 174 valence electrons. The van der Waals surface area contributed by atoms with Crippen molar-refractivity contribution in [2.24, 2.45) is 0 Å². The van der Waals surface area contributed by atoms with Gasteiger partial charge in [0.2, 0.25) is 6.23 Å². The van der Waals surface area contributed by atoms with Gasteiger partial charge in [-0.3, -0.25) is 9.88 Å². The van der Waals surface area contributed by atoms with Gasteiger partial charge in [-0.2, -0.15) is 13.8 Å². The molecule has 1 aliphatic rings. The number of aromatic nitrogens is 2. The van der Waals surface area contributed by atoms with E-state index < -0.39 is 44.5 Å². The molecule has 0 radical (unpaired) electrons. The normalized spacial score (nSPS) is 23.4. The van der Waals surface area contributed by atoms with E-state index in [2.05, 4.69) is 16.9 Å². The molecule has 12 heteroatoms. The van der Waals surface area contributed by atoms with Crippen LogP contribution in [0.15, 0.2) is 29.7 Å². The third-order valence-electron chi connectivity index (χ3n) is 5.44. The molecule has 2 N–H and O–H groups in total. The topological polar surface area (TPSA) is 112 Å². The number of aliphatic hydroxyl groups excluding tert-OH is 1. The van der Waals surface area contributed by atoms with Gasteiger partial charge >= 0.3 is 17.7 Å². The summed E-state index contributed by atoms with van der Waals surface area (Å²) in [6, 6.07) is 1.14. The Morgan fingerprint density at radius 2 is 2.13 bits per heavy atom. The van der Waals surface area contributed by atoms with E-state index in [1.807, 2.05) is 33.9 Å². The van der Waals surface area contributed by atoms with Crippen molar-refractivity contribution in [3.8, 4) is 0 Å². The molecule has 1 saturated heterocycles. The average Bonchev–Trinajstić information content (AvgIpc) is 2.87. The molecule has 1 aromatic rings. The minimum Gasteiger partial charge on any atom is -0.445 e. The van der Waals surface area contributed by atoms with Crippen LogP contribution in [-0.2, 0) is 13.9 Å². The Kier molecular flexibility index (Phi) is 7.41. The fourth-order valence-corrected chi connectivity index (χ4v) is 3.56. The monoisotopic (exact) mass is 461 g/mol. The van der Waals surface area contributed by atoms with Crippen molar-refractivity contribution in [2.75, 3.05) is 18.5 Å². The van der Waals surface area contributed by atoms with Crippen LogP contribution in [0.3, 0.4) is 0 Å². The first-order valence-electron chi connectivity index (χ1n) is 9.70. The van der Waals surface area contributed by atoms with E-state index >= 15 is 0 Å². The maximum atomic E-state index is 14.7. The molecule has 0 bridgehead atoms. The Labute approximate surface area is 180 Å². The van der Waals surface area contributed by atoms with Crippen LogP contribution in [0.1, 0.15) is 27.0 Å². The van der Waals surface area contributed by atoms with E-state index in [1.54, 1.807) is 0 Å². The number of halogens is 2. The molecule has 1 fully saturated rings. The molecular formula is C19H29F2N3O6Si. The Hall–Kier alpha value is -2.15. The van der Waals surface area contributed by atoms with Gasteiger partial charge in [0.25, 0.3) is 0 Å². The van der Waals surface area contributed by atoms with E-state index in [-0.39, 0.29) is 24.1 Å². The van der Waals surface area contributed by atoms with Gasteiger partial charge in [0.15, 0.2) is 14.4 Å². The lowest BCUT2D eigenvalue weighted by molar-refractivity contribution is -0.140. The number of hydrogen-bond donors (Lipinski definition) is 2. The van der Waals surface area contributed by atoms with Gasteiger partial charge in [-0.25, -0.2) is 9.59 Å². The number of rotatable bonds is 7. The molecule has 0 saturated carbocycles. The average molecular weight is 462 g/mol. The van der Waals surface area contributed by atoms with Crippen molar-refractivity contribution in [3.63, 3.8) is 0 Å². The zero-order chi connectivity index (χ0) is 23.6. The van der Waals surface area contributed by atoms with Gasteiger partial charge in [-0.05, 0) is 24.2 Å². The molecule has 31 heavy (non-hydrogen) atoms. The number of aliphatic hydroxyl groups is 1. The predicted molar refractivity (Wildman–Crippen MR) is 112 cm³/mol. The lowest BCUT2D eigenvalue weighted by Gasteiger charge is -2.37. The Morgan fingerprint density at radius 3 is 2.68 bits per heavy atom. The summed E-state index contributed by atoms with van der Waals surface area (Å²) < 4.78 is 45.9. The van der Waals surface area contributed by atoms with Gasteiger partial charge in [0.05, 0.1) is 6.61 Å². The van der Waals surface area contributed by atoms with Crippen molar-refractivity contribution in [3.05, 3.63) is 35.4 Å². The number of nitrogens with one attached hydrogen (secondary N) is 1. The van der Waals surface area contributed by atoms with E-state index in [0.29, 0.717) is 4.57 Å². The molecular weight excluding hydrogens is 432 g/mol. The molecule has 0 spiro atoms. The highest BCUT2D eigenvalue weighted by molar-refractivity contribution is 6.74. The molecule has 1 amide bonds. The minimum atomic E-state index is -3.76. The largest absolute Gasteiger partial charge is 0.445 e. The summed E-state index contributed by atoms with van der Waals surface area (Å²) >= 11 is 0. The Balaban J connectivity index is 2.16. The second kappa shape index (κ2) is 9.15. The second-order valence-electron chi connectivity index (χ2n) is 8.73. The first kappa shape index (κ1) is 25.1. The molecule has 3 atom stereocenters. The molecule has 2 rings (SSSR count). The van der Waals surface area contributed by atoms with E-state index in [0.717, 1.165) is 12.3 Å². The summed E-state index contributed by atoms with van der Waals surface area (Å²) in [7, 11) is -2.27. The first-order valence-corrected chi connectivity index (χ1v) is 12.6. The molecule has 0 aromatic carbocycles. The predicted octanol–water partition coefficient (Wildman–Crippen LogP) is 2.89. The van der Waals surface area contributed by atoms with Crippen LogP contribution in [0.4, 0.5) is 19.4 Å². The zero-order valence-electron chi connectivity index (χ0n) is 18.2. The highest BCUT2D eigenvalue weighted by Gasteiger charge is 2.60. The van der Waals surface area contributed by atoms with Gasteiger partial charge in [-0.1, -0.05) is 33.4 Å². The summed E-state index contributed by atoms with van der Waals surface area (Å²) in [5, 5.41) is 12.2. The van der Waals surface area contributed by atoms with E-state index in [9.17, 15) is 23.5 Å². The standard InChI is InChI=1S/C19H29F2N3O6Si/c1-7-10-28-17(27)23-13-8-9-24(16(26)22-13)15-19(20,21)14(25)12(30-15)11-29-31(5,6)18(2,3)4/h7-9,12,14-15,25H,1,10-11H2,2-6H3,(H,22,23,26,27)/t12-,14-,15-/m1/s1. The molecule has 0 aliphatic carbocycles. The molecule has 1 aliphatic heterocycles. The maximum absolute atomic E-state index is 14.7. The van der Waals surface area contributed by atoms with Crippen LogP contribution in [0.2, 0.25) is 18.1 Å². The van der Waals surface area contributed by atoms with Gasteiger partial charge < -0.3 is 19.0 Å². The number of nitrogens with zero attached hydrogens (tertiary/aromatic N) is 2. The maximum Gasteiger partial charge on any atom is 0.413 e. The highest BCUT2D eigenvalue weighted by Crippen LogP contribution is 2.43. The Bertz CT molecular complexity index is 871. The van der Waals surface area contributed by atoms with Crippen LogP contribution in [-0.4, -0.2) is 60.4 Å². The molecule has 2 heterocycles. The third-order valence-corrected chi connectivity index (χ3v) is 9.94.